The van der Waals surface area contributed by atoms with Gasteiger partial charge in [0.2, 0.25) is 5.91 Å². The van der Waals surface area contributed by atoms with Gasteiger partial charge in [0.1, 0.15) is 0 Å². The third kappa shape index (κ3) is 2.36. The molecular formula is C16H20N4O2. The van der Waals surface area contributed by atoms with Gasteiger partial charge in [-0.1, -0.05) is 0 Å². The lowest BCUT2D eigenvalue weighted by atomic mass is 9.95. The summed E-state index contributed by atoms with van der Waals surface area (Å²) in [4.78, 5) is 28.9. The molecule has 1 aromatic rings. The standard InChI is InChI=1S/C16H20N4O2/c21-15-4-3-13-14(20(15)10-11-1-2-11)6-8-19(13)16(22)12-5-7-17-18-9-12/h5,7,9,11,13-14H,1-4,6,8,10H2/t13-,14-/m1/s1. The Morgan fingerprint density at radius 1 is 1.18 bits per heavy atom. The van der Waals surface area contributed by atoms with Crippen molar-refractivity contribution in [3.63, 3.8) is 0 Å². The van der Waals surface area contributed by atoms with Gasteiger partial charge in [0, 0.05) is 19.5 Å². The van der Waals surface area contributed by atoms with Crippen LogP contribution in [-0.4, -0.2) is 57.0 Å². The van der Waals surface area contributed by atoms with Crippen LogP contribution in [0.5, 0.6) is 0 Å². The molecule has 0 aromatic carbocycles. The molecule has 6 heteroatoms. The quantitative estimate of drug-likeness (QED) is 0.838. The molecule has 0 bridgehead atoms. The molecule has 3 heterocycles. The predicted octanol–water partition coefficient (Wildman–Crippen LogP) is 1.09. The summed E-state index contributed by atoms with van der Waals surface area (Å²) in [6, 6.07) is 2.08. The minimum absolute atomic E-state index is 0.0168. The molecule has 2 amide bonds. The molecular weight excluding hydrogens is 280 g/mol. The molecule has 3 fully saturated rings. The molecule has 6 nitrogen and oxygen atoms in total. The van der Waals surface area contributed by atoms with Crippen LogP contribution >= 0.6 is 0 Å². The van der Waals surface area contributed by atoms with E-state index in [9.17, 15) is 9.59 Å². The van der Waals surface area contributed by atoms with Crippen LogP contribution in [0.1, 0.15) is 42.5 Å². The maximum Gasteiger partial charge on any atom is 0.255 e. The van der Waals surface area contributed by atoms with Crippen molar-refractivity contribution < 1.29 is 9.59 Å². The average molecular weight is 300 g/mol. The Morgan fingerprint density at radius 2 is 2.05 bits per heavy atom. The summed E-state index contributed by atoms with van der Waals surface area (Å²) in [6.45, 7) is 1.61. The van der Waals surface area contributed by atoms with Gasteiger partial charge in [-0.2, -0.15) is 10.2 Å². The number of carbonyl (C=O) groups excluding carboxylic acids is 2. The third-order valence-electron chi connectivity index (χ3n) is 5.13. The Balaban J connectivity index is 1.52. The SMILES string of the molecule is O=C1CC[C@@H]2[C@@H](CCN2C(=O)c2ccnnc2)N1CC1CC1. The summed E-state index contributed by atoms with van der Waals surface area (Å²) >= 11 is 0. The van der Waals surface area contributed by atoms with Crippen molar-refractivity contribution in [2.24, 2.45) is 5.92 Å². The maximum absolute atomic E-state index is 12.7. The summed E-state index contributed by atoms with van der Waals surface area (Å²) in [5.41, 5.74) is 0.585. The van der Waals surface area contributed by atoms with Crippen LogP contribution in [0, 0.1) is 5.92 Å². The van der Waals surface area contributed by atoms with Gasteiger partial charge < -0.3 is 9.80 Å². The summed E-state index contributed by atoms with van der Waals surface area (Å²) < 4.78 is 0. The van der Waals surface area contributed by atoms with Crippen LogP contribution < -0.4 is 0 Å². The van der Waals surface area contributed by atoms with Crippen molar-refractivity contribution >= 4 is 11.8 Å². The Labute approximate surface area is 129 Å². The highest BCUT2D eigenvalue weighted by molar-refractivity contribution is 5.94. The molecule has 2 saturated heterocycles. The fourth-order valence-electron chi connectivity index (χ4n) is 3.80. The van der Waals surface area contributed by atoms with E-state index in [1.165, 1.54) is 19.0 Å². The first-order chi connectivity index (χ1) is 10.7. The largest absolute Gasteiger partial charge is 0.337 e. The van der Waals surface area contributed by atoms with Crippen molar-refractivity contribution in [2.75, 3.05) is 13.1 Å². The van der Waals surface area contributed by atoms with Gasteiger partial charge >= 0.3 is 0 Å². The second-order valence-electron chi connectivity index (χ2n) is 6.58. The van der Waals surface area contributed by atoms with E-state index >= 15 is 0 Å². The number of rotatable bonds is 3. The Kier molecular flexibility index (Phi) is 3.32. The van der Waals surface area contributed by atoms with Crippen LogP contribution in [-0.2, 0) is 4.79 Å². The normalized spacial score (nSPS) is 27.9. The number of amides is 2. The number of hydrogen-bond donors (Lipinski definition) is 0. The number of hydrogen-bond acceptors (Lipinski definition) is 4. The Morgan fingerprint density at radius 3 is 2.77 bits per heavy atom. The number of likely N-dealkylation sites (tertiary alicyclic amines) is 2. The first-order valence-electron chi connectivity index (χ1n) is 8.11. The van der Waals surface area contributed by atoms with Crippen molar-refractivity contribution in [1.82, 2.24) is 20.0 Å². The summed E-state index contributed by atoms with van der Waals surface area (Å²) in [5, 5.41) is 7.52. The first-order valence-corrected chi connectivity index (χ1v) is 8.11. The monoisotopic (exact) mass is 300 g/mol. The fraction of sp³-hybridized carbons (Fsp3) is 0.625. The Hall–Kier alpha value is -1.98. The van der Waals surface area contributed by atoms with Crippen molar-refractivity contribution in [1.29, 1.82) is 0 Å². The van der Waals surface area contributed by atoms with Gasteiger partial charge in [0.15, 0.2) is 0 Å². The smallest absolute Gasteiger partial charge is 0.255 e. The van der Waals surface area contributed by atoms with Gasteiger partial charge in [-0.15, -0.1) is 0 Å². The fourth-order valence-corrected chi connectivity index (χ4v) is 3.80. The first kappa shape index (κ1) is 13.7. The molecule has 116 valence electrons. The molecule has 0 spiro atoms. The molecule has 3 aliphatic rings. The minimum atomic E-state index is 0.0168. The van der Waals surface area contributed by atoms with Crippen LogP contribution in [0.25, 0.3) is 0 Å². The van der Waals surface area contributed by atoms with Gasteiger partial charge in [0.25, 0.3) is 5.91 Å². The number of nitrogens with zero attached hydrogens (tertiary/aromatic N) is 4. The summed E-state index contributed by atoms with van der Waals surface area (Å²) in [7, 11) is 0. The zero-order chi connectivity index (χ0) is 15.1. The van der Waals surface area contributed by atoms with E-state index in [4.69, 9.17) is 0 Å². The molecule has 1 aliphatic carbocycles. The van der Waals surface area contributed by atoms with E-state index < -0.39 is 0 Å². The average Bonchev–Trinajstić information content (AvgIpc) is 3.27. The van der Waals surface area contributed by atoms with E-state index in [-0.39, 0.29) is 23.9 Å². The number of carbonyl (C=O) groups is 2. The molecule has 1 saturated carbocycles. The molecule has 2 aliphatic heterocycles. The molecule has 2 atom stereocenters. The molecule has 0 unspecified atom stereocenters. The zero-order valence-electron chi connectivity index (χ0n) is 12.5. The van der Waals surface area contributed by atoms with E-state index in [2.05, 4.69) is 15.1 Å². The van der Waals surface area contributed by atoms with E-state index in [1.54, 1.807) is 12.3 Å². The van der Waals surface area contributed by atoms with Crippen molar-refractivity contribution in [2.45, 2.75) is 44.2 Å². The number of piperidine rings is 1. The van der Waals surface area contributed by atoms with E-state index in [1.807, 2.05) is 4.90 Å². The molecule has 1 aromatic heterocycles. The van der Waals surface area contributed by atoms with E-state index in [0.29, 0.717) is 17.9 Å². The lowest BCUT2D eigenvalue weighted by molar-refractivity contribution is -0.137. The van der Waals surface area contributed by atoms with Crippen LogP contribution in [0.4, 0.5) is 0 Å². The highest BCUT2D eigenvalue weighted by Crippen LogP contribution is 2.36. The summed E-state index contributed by atoms with van der Waals surface area (Å²) in [5.74, 6) is 0.980. The third-order valence-corrected chi connectivity index (χ3v) is 5.13. The molecule has 0 radical (unpaired) electrons. The second kappa shape index (κ2) is 5.34. The van der Waals surface area contributed by atoms with Crippen LogP contribution in [0.2, 0.25) is 0 Å². The van der Waals surface area contributed by atoms with Crippen LogP contribution in [0.15, 0.2) is 18.5 Å². The minimum Gasteiger partial charge on any atom is -0.337 e. The van der Waals surface area contributed by atoms with Crippen molar-refractivity contribution in [3.8, 4) is 0 Å². The number of fused-ring (bicyclic) bond motifs is 1. The molecule has 4 rings (SSSR count). The Bertz CT molecular complexity index is 587. The van der Waals surface area contributed by atoms with Gasteiger partial charge in [-0.25, -0.2) is 0 Å². The van der Waals surface area contributed by atoms with Crippen LogP contribution in [0.3, 0.4) is 0 Å². The zero-order valence-corrected chi connectivity index (χ0v) is 12.5. The topological polar surface area (TPSA) is 66.4 Å². The van der Waals surface area contributed by atoms with E-state index in [0.717, 1.165) is 25.9 Å². The van der Waals surface area contributed by atoms with Crippen molar-refractivity contribution in [3.05, 3.63) is 24.0 Å². The molecule has 0 N–H and O–H groups in total. The predicted molar refractivity (Wildman–Crippen MR) is 78.9 cm³/mol. The van der Waals surface area contributed by atoms with Gasteiger partial charge in [-0.3, -0.25) is 9.59 Å². The highest BCUT2D eigenvalue weighted by atomic mass is 16.2. The van der Waals surface area contributed by atoms with Gasteiger partial charge in [0.05, 0.1) is 30.0 Å². The lowest BCUT2D eigenvalue weighted by Crippen LogP contribution is -2.53. The maximum atomic E-state index is 12.7. The lowest BCUT2D eigenvalue weighted by Gasteiger charge is -2.39. The number of aromatic nitrogens is 2. The molecule has 22 heavy (non-hydrogen) atoms. The second-order valence-corrected chi connectivity index (χ2v) is 6.58. The highest BCUT2D eigenvalue weighted by Gasteiger charge is 2.46. The summed E-state index contributed by atoms with van der Waals surface area (Å²) in [6.07, 6.45) is 7.80. The van der Waals surface area contributed by atoms with Gasteiger partial charge in [-0.05, 0) is 37.7 Å².